The number of fused-ring (bicyclic) bond motifs is 1. The highest BCUT2D eigenvalue weighted by Crippen LogP contribution is 2.25. The average molecular weight is 228 g/mol. The van der Waals surface area contributed by atoms with Crippen LogP contribution in [0.1, 0.15) is 41.6 Å². The molecule has 0 radical (unpaired) electrons. The Labute approximate surface area is 102 Å². The van der Waals surface area contributed by atoms with E-state index < -0.39 is 0 Å². The molecule has 0 aromatic heterocycles. The molecular weight excluding hydrogens is 212 g/mol. The van der Waals surface area contributed by atoms with Crippen molar-refractivity contribution in [3.8, 4) is 18.1 Å². The summed E-state index contributed by atoms with van der Waals surface area (Å²) >= 11 is 0. The Kier molecular flexibility index (Phi) is 3.82. The van der Waals surface area contributed by atoms with E-state index in [4.69, 9.17) is 11.2 Å². The molecule has 0 atom stereocenters. The molecule has 1 aromatic rings. The quantitative estimate of drug-likeness (QED) is 0.585. The summed E-state index contributed by atoms with van der Waals surface area (Å²) in [5.74, 6) is 3.59. The Morgan fingerprint density at radius 3 is 3.06 bits per heavy atom. The van der Waals surface area contributed by atoms with Crippen molar-refractivity contribution in [1.29, 1.82) is 0 Å². The maximum absolute atomic E-state index is 11.7. The highest BCUT2D eigenvalue weighted by molar-refractivity contribution is 5.98. The van der Waals surface area contributed by atoms with Crippen LogP contribution >= 0.6 is 0 Å². The fourth-order valence-electron chi connectivity index (χ4n) is 2.06. The molecule has 88 valence electrons. The highest BCUT2D eigenvalue weighted by Gasteiger charge is 2.17. The maximum atomic E-state index is 11.7. The molecule has 0 spiro atoms. The average Bonchev–Trinajstić information content (AvgIpc) is 2.36. The predicted molar refractivity (Wildman–Crippen MR) is 67.3 cm³/mol. The summed E-state index contributed by atoms with van der Waals surface area (Å²) < 4.78 is 5.57. The summed E-state index contributed by atoms with van der Waals surface area (Å²) in [6, 6.07) is 5.81. The van der Waals surface area contributed by atoms with Gasteiger partial charge in [0.1, 0.15) is 5.75 Å². The zero-order valence-corrected chi connectivity index (χ0v) is 9.87. The van der Waals surface area contributed by atoms with Crippen LogP contribution in [-0.4, -0.2) is 12.4 Å². The lowest BCUT2D eigenvalue weighted by Gasteiger charge is -2.15. The summed E-state index contributed by atoms with van der Waals surface area (Å²) in [5, 5.41) is 0. The summed E-state index contributed by atoms with van der Waals surface area (Å²) in [7, 11) is 0. The maximum Gasteiger partial charge on any atom is 0.163 e. The topological polar surface area (TPSA) is 26.3 Å². The van der Waals surface area contributed by atoms with Crippen LogP contribution in [0.15, 0.2) is 18.2 Å². The first-order valence-electron chi connectivity index (χ1n) is 6.03. The van der Waals surface area contributed by atoms with Crippen molar-refractivity contribution < 1.29 is 9.53 Å². The molecule has 1 aliphatic carbocycles. The minimum absolute atomic E-state index is 0.236. The first-order valence-corrected chi connectivity index (χ1v) is 6.03. The molecule has 0 aliphatic heterocycles. The zero-order chi connectivity index (χ0) is 12.1. The van der Waals surface area contributed by atoms with E-state index in [1.54, 1.807) is 0 Å². The van der Waals surface area contributed by atoms with Crippen LogP contribution in [0.4, 0.5) is 0 Å². The number of rotatable bonds is 4. The van der Waals surface area contributed by atoms with Gasteiger partial charge in [0.05, 0.1) is 6.61 Å². The lowest BCUT2D eigenvalue weighted by molar-refractivity contribution is 0.0972. The number of hydrogen-bond acceptors (Lipinski definition) is 2. The van der Waals surface area contributed by atoms with Crippen LogP contribution in [0, 0.1) is 12.3 Å². The molecule has 2 heteroatoms. The number of aryl methyl sites for hydroxylation is 1. The van der Waals surface area contributed by atoms with Gasteiger partial charge in [-0.25, -0.2) is 0 Å². The lowest BCUT2D eigenvalue weighted by Crippen LogP contribution is -2.11. The van der Waals surface area contributed by atoms with Gasteiger partial charge in [0.2, 0.25) is 0 Å². The number of benzene rings is 1. The summed E-state index contributed by atoms with van der Waals surface area (Å²) in [4.78, 5) is 11.7. The van der Waals surface area contributed by atoms with Gasteiger partial charge < -0.3 is 4.74 Å². The first-order chi connectivity index (χ1) is 8.31. The number of Topliss-reactive ketones (excluding diaryl/α,β-unsaturated/α-hetero) is 1. The van der Waals surface area contributed by atoms with E-state index in [9.17, 15) is 4.79 Å². The molecule has 0 saturated heterocycles. The van der Waals surface area contributed by atoms with E-state index in [1.165, 1.54) is 0 Å². The normalized spacial score (nSPS) is 13.9. The number of ether oxygens (including phenoxy) is 1. The summed E-state index contributed by atoms with van der Waals surface area (Å²) in [6.07, 6.45) is 9.37. The van der Waals surface area contributed by atoms with Gasteiger partial charge in [0.25, 0.3) is 0 Å². The van der Waals surface area contributed by atoms with Crippen molar-refractivity contribution in [2.45, 2.75) is 32.1 Å². The molecule has 1 aliphatic rings. The molecular formula is C15H16O2. The van der Waals surface area contributed by atoms with Crippen molar-refractivity contribution in [3.05, 3.63) is 29.3 Å². The molecule has 17 heavy (non-hydrogen) atoms. The standard InChI is InChI=1S/C15H16O2/c1-2-3-4-10-17-13-9-8-12-6-5-7-15(16)14(12)11-13/h1,8-9,11H,3-7,10H2. The zero-order valence-electron chi connectivity index (χ0n) is 9.87. The second kappa shape index (κ2) is 5.54. The molecule has 2 rings (SSSR count). The number of ketones is 1. The summed E-state index contributed by atoms with van der Waals surface area (Å²) in [5.41, 5.74) is 1.99. The highest BCUT2D eigenvalue weighted by atomic mass is 16.5. The molecule has 0 N–H and O–H groups in total. The Hall–Kier alpha value is -1.75. The van der Waals surface area contributed by atoms with Gasteiger partial charge in [-0.05, 0) is 37.0 Å². The number of terminal acetylenes is 1. The van der Waals surface area contributed by atoms with Gasteiger partial charge in [-0.2, -0.15) is 0 Å². The van der Waals surface area contributed by atoms with Crippen molar-refractivity contribution in [1.82, 2.24) is 0 Å². The molecule has 0 unspecified atom stereocenters. The minimum Gasteiger partial charge on any atom is -0.494 e. The van der Waals surface area contributed by atoms with E-state index >= 15 is 0 Å². The second-order valence-electron chi connectivity index (χ2n) is 4.25. The van der Waals surface area contributed by atoms with Crippen LogP contribution in [0.25, 0.3) is 0 Å². The largest absolute Gasteiger partial charge is 0.494 e. The molecule has 0 heterocycles. The number of carbonyl (C=O) groups excluding carboxylic acids is 1. The molecule has 0 amide bonds. The Balaban J connectivity index is 2.03. The van der Waals surface area contributed by atoms with Crippen LogP contribution < -0.4 is 4.74 Å². The van der Waals surface area contributed by atoms with Gasteiger partial charge >= 0.3 is 0 Å². The van der Waals surface area contributed by atoms with Crippen molar-refractivity contribution in [2.24, 2.45) is 0 Å². The third-order valence-corrected chi connectivity index (χ3v) is 2.97. The van der Waals surface area contributed by atoms with Crippen LogP contribution in [-0.2, 0) is 6.42 Å². The predicted octanol–water partition coefficient (Wildman–Crippen LogP) is 3.00. The number of unbranched alkanes of at least 4 members (excludes halogenated alkanes) is 1. The Morgan fingerprint density at radius 2 is 2.24 bits per heavy atom. The van der Waals surface area contributed by atoms with Gasteiger partial charge in [-0.15, -0.1) is 12.3 Å². The molecule has 0 saturated carbocycles. The van der Waals surface area contributed by atoms with Crippen LogP contribution in [0.5, 0.6) is 5.75 Å². The van der Waals surface area contributed by atoms with E-state index in [0.717, 1.165) is 42.6 Å². The van der Waals surface area contributed by atoms with E-state index in [2.05, 4.69) is 5.92 Å². The minimum atomic E-state index is 0.236. The third kappa shape index (κ3) is 2.88. The van der Waals surface area contributed by atoms with Gasteiger partial charge in [0.15, 0.2) is 5.78 Å². The number of carbonyl (C=O) groups is 1. The van der Waals surface area contributed by atoms with Crippen LogP contribution in [0.3, 0.4) is 0 Å². The van der Waals surface area contributed by atoms with E-state index in [0.29, 0.717) is 13.0 Å². The lowest BCUT2D eigenvalue weighted by atomic mass is 9.90. The first kappa shape index (κ1) is 11.7. The smallest absolute Gasteiger partial charge is 0.163 e. The summed E-state index contributed by atoms with van der Waals surface area (Å²) in [6.45, 7) is 0.608. The van der Waals surface area contributed by atoms with Crippen molar-refractivity contribution >= 4 is 5.78 Å². The molecule has 1 aromatic carbocycles. The Morgan fingerprint density at radius 1 is 1.35 bits per heavy atom. The van der Waals surface area contributed by atoms with Gasteiger partial charge in [0, 0.05) is 18.4 Å². The fraction of sp³-hybridized carbons (Fsp3) is 0.400. The van der Waals surface area contributed by atoms with Gasteiger partial charge in [-0.3, -0.25) is 4.79 Å². The fourth-order valence-corrected chi connectivity index (χ4v) is 2.06. The molecule has 2 nitrogen and oxygen atoms in total. The van der Waals surface area contributed by atoms with E-state index in [-0.39, 0.29) is 5.78 Å². The van der Waals surface area contributed by atoms with Crippen molar-refractivity contribution in [2.75, 3.05) is 6.61 Å². The monoisotopic (exact) mass is 228 g/mol. The molecule has 0 bridgehead atoms. The van der Waals surface area contributed by atoms with E-state index in [1.807, 2.05) is 18.2 Å². The second-order valence-corrected chi connectivity index (χ2v) is 4.25. The number of hydrogen-bond donors (Lipinski definition) is 0. The Bertz CT molecular complexity index is 454. The SMILES string of the molecule is C#CCCCOc1ccc2c(c1)C(=O)CCC2. The van der Waals surface area contributed by atoms with Crippen molar-refractivity contribution in [3.63, 3.8) is 0 Å². The van der Waals surface area contributed by atoms with Gasteiger partial charge in [-0.1, -0.05) is 6.07 Å². The molecule has 0 fully saturated rings. The van der Waals surface area contributed by atoms with Crippen LogP contribution in [0.2, 0.25) is 0 Å². The third-order valence-electron chi connectivity index (χ3n) is 2.97.